The Labute approximate surface area is 125 Å². The second-order valence-electron chi connectivity index (χ2n) is 6.22. The van der Waals surface area contributed by atoms with E-state index in [0.29, 0.717) is 0 Å². The van der Waals surface area contributed by atoms with E-state index >= 15 is 0 Å². The summed E-state index contributed by atoms with van der Waals surface area (Å²) < 4.78 is 1.19. The van der Waals surface area contributed by atoms with E-state index in [9.17, 15) is 0 Å². The van der Waals surface area contributed by atoms with Crippen LogP contribution in [-0.2, 0) is 6.42 Å². The Morgan fingerprint density at radius 2 is 2.16 bits per heavy atom. The lowest BCUT2D eigenvalue weighted by Gasteiger charge is -2.34. The van der Waals surface area contributed by atoms with Gasteiger partial charge in [0, 0.05) is 28.3 Å². The maximum absolute atomic E-state index is 6.05. The summed E-state index contributed by atoms with van der Waals surface area (Å²) >= 11 is 3.71. The van der Waals surface area contributed by atoms with Gasteiger partial charge in [-0.2, -0.15) is 0 Å². The van der Waals surface area contributed by atoms with Crippen LogP contribution in [0.2, 0.25) is 0 Å². The summed E-state index contributed by atoms with van der Waals surface area (Å²) in [4.78, 5) is 2.52. The Morgan fingerprint density at radius 1 is 1.42 bits per heavy atom. The lowest BCUT2D eigenvalue weighted by atomic mass is 10.0. The fraction of sp³-hybridized carbons (Fsp3) is 0.625. The van der Waals surface area contributed by atoms with E-state index in [0.717, 1.165) is 19.4 Å². The Balaban J connectivity index is 2.19. The van der Waals surface area contributed by atoms with Gasteiger partial charge in [-0.1, -0.05) is 28.9 Å². The van der Waals surface area contributed by atoms with E-state index in [4.69, 9.17) is 5.73 Å². The highest BCUT2D eigenvalue weighted by molar-refractivity contribution is 9.10. The monoisotopic (exact) mass is 324 g/mol. The number of hydrogen-bond acceptors (Lipinski definition) is 2. The first kappa shape index (κ1) is 14.9. The first-order chi connectivity index (χ1) is 8.94. The van der Waals surface area contributed by atoms with Crippen molar-refractivity contribution >= 4 is 21.6 Å². The van der Waals surface area contributed by atoms with Crippen molar-refractivity contribution in [2.45, 2.75) is 58.0 Å². The van der Waals surface area contributed by atoms with Crippen molar-refractivity contribution in [3.63, 3.8) is 0 Å². The molecule has 1 aliphatic rings. The van der Waals surface area contributed by atoms with E-state index in [1.807, 2.05) is 0 Å². The Hall–Kier alpha value is -0.540. The summed E-state index contributed by atoms with van der Waals surface area (Å²) in [6, 6.07) is 6.98. The second-order valence-corrected chi connectivity index (χ2v) is 7.07. The van der Waals surface area contributed by atoms with Crippen LogP contribution in [0.4, 0.5) is 5.69 Å². The second kappa shape index (κ2) is 5.84. The third-order valence-electron chi connectivity index (χ3n) is 4.26. The molecule has 1 fully saturated rings. The van der Waals surface area contributed by atoms with Crippen LogP contribution >= 0.6 is 15.9 Å². The summed E-state index contributed by atoms with van der Waals surface area (Å²) in [6.07, 6.45) is 4.52. The van der Waals surface area contributed by atoms with Gasteiger partial charge in [-0.25, -0.2) is 0 Å². The molecule has 1 unspecified atom stereocenters. The van der Waals surface area contributed by atoms with Crippen molar-refractivity contribution in [2.24, 2.45) is 5.73 Å². The molecule has 0 aliphatic carbocycles. The first-order valence-electron chi connectivity index (χ1n) is 7.25. The molecule has 1 saturated heterocycles. The van der Waals surface area contributed by atoms with Crippen molar-refractivity contribution in [1.82, 2.24) is 0 Å². The summed E-state index contributed by atoms with van der Waals surface area (Å²) in [7, 11) is 0. The van der Waals surface area contributed by atoms with Crippen molar-refractivity contribution in [3.05, 3.63) is 28.2 Å². The lowest BCUT2D eigenvalue weighted by Crippen LogP contribution is -2.38. The van der Waals surface area contributed by atoms with Gasteiger partial charge < -0.3 is 10.6 Å². The zero-order valence-corrected chi connectivity index (χ0v) is 13.8. The van der Waals surface area contributed by atoms with Gasteiger partial charge in [0.2, 0.25) is 0 Å². The van der Waals surface area contributed by atoms with Crippen molar-refractivity contribution in [1.29, 1.82) is 0 Å². The van der Waals surface area contributed by atoms with Crippen LogP contribution in [0.3, 0.4) is 0 Å². The van der Waals surface area contributed by atoms with Gasteiger partial charge in [0.25, 0.3) is 0 Å². The molecular weight excluding hydrogens is 300 g/mol. The van der Waals surface area contributed by atoms with E-state index in [1.54, 1.807) is 0 Å². The highest BCUT2D eigenvalue weighted by Gasteiger charge is 2.32. The van der Waals surface area contributed by atoms with Gasteiger partial charge in [-0.15, -0.1) is 0 Å². The molecule has 1 aromatic carbocycles. The molecule has 2 rings (SSSR count). The molecule has 1 aliphatic heterocycles. The molecule has 0 bridgehead atoms. The standard InChI is InChI=1S/C16H25BrN2/c1-4-13(18)10-12-6-7-14(11-15(12)17)19-9-5-8-16(19,2)3/h6-7,11,13H,4-5,8-10,18H2,1-3H3. The molecule has 2 nitrogen and oxygen atoms in total. The molecule has 3 heteroatoms. The normalized spacial score (nSPS) is 19.7. The SMILES string of the molecule is CCC(N)Cc1ccc(N2CCCC2(C)C)cc1Br. The Morgan fingerprint density at radius 3 is 2.68 bits per heavy atom. The summed E-state index contributed by atoms with van der Waals surface area (Å²) in [6.45, 7) is 7.95. The minimum absolute atomic E-state index is 0.255. The van der Waals surface area contributed by atoms with Gasteiger partial charge >= 0.3 is 0 Å². The van der Waals surface area contributed by atoms with Crippen LogP contribution in [0.5, 0.6) is 0 Å². The molecule has 0 spiro atoms. The molecular formula is C16H25BrN2. The van der Waals surface area contributed by atoms with Crippen molar-refractivity contribution in [3.8, 4) is 0 Å². The van der Waals surface area contributed by atoms with Gasteiger partial charge in [-0.05, 0) is 57.2 Å². The molecule has 19 heavy (non-hydrogen) atoms. The summed E-state index contributed by atoms with van der Waals surface area (Å²) in [5.74, 6) is 0. The number of halogens is 1. The van der Waals surface area contributed by atoms with Crippen LogP contribution in [-0.4, -0.2) is 18.1 Å². The smallest absolute Gasteiger partial charge is 0.0382 e. The number of nitrogens with zero attached hydrogens (tertiary/aromatic N) is 1. The van der Waals surface area contributed by atoms with Crippen LogP contribution in [0.25, 0.3) is 0 Å². The molecule has 0 amide bonds. The van der Waals surface area contributed by atoms with Gasteiger partial charge in [0.1, 0.15) is 0 Å². The lowest BCUT2D eigenvalue weighted by molar-refractivity contribution is 0.518. The topological polar surface area (TPSA) is 29.3 Å². The third kappa shape index (κ3) is 3.32. The minimum atomic E-state index is 0.255. The van der Waals surface area contributed by atoms with Crippen LogP contribution < -0.4 is 10.6 Å². The molecule has 0 aromatic heterocycles. The largest absolute Gasteiger partial charge is 0.366 e. The molecule has 1 heterocycles. The number of anilines is 1. The zero-order valence-electron chi connectivity index (χ0n) is 12.2. The first-order valence-corrected chi connectivity index (χ1v) is 8.05. The van der Waals surface area contributed by atoms with E-state index in [-0.39, 0.29) is 11.6 Å². The molecule has 0 radical (unpaired) electrons. The van der Waals surface area contributed by atoms with Gasteiger partial charge in [0.05, 0.1) is 0 Å². The van der Waals surface area contributed by atoms with Crippen LogP contribution in [0, 0.1) is 0 Å². The minimum Gasteiger partial charge on any atom is -0.366 e. The predicted octanol–water partition coefficient (Wildman–Crippen LogP) is 4.11. The maximum atomic E-state index is 6.05. The van der Waals surface area contributed by atoms with E-state index in [1.165, 1.54) is 28.6 Å². The summed E-state index contributed by atoms with van der Waals surface area (Å²) in [5, 5.41) is 0. The van der Waals surface area contributed by atoms with Crippen LogP contribution in [0.15, 0.2) is 22.7 Å². The number of nitrogens with two attached hydrogens (primary N) is 1. The molecule has 2 N–H and O–H groups in total. The molecule has 1 atom stereocenters. The molecule has 0 saturated carbocycles. The number of benzene rings is 1. The predicted molar refractivity (Wildman–Crippen MR) is 86.8 cm³/mol. The van der Waals surface area contributed by atoms with Crippen molar-refractivity contribution < 1.29 is 0 Å². The fourth-order valence-electron chi connectivity index (χ4n) is 2.88. The fourth-order valence-corrected chi connectivity index (χ4v) is 3.41. The number of hydrogen-bond donors (Lipinski definition) is 1. The quantitative estimate of drug-likeness (QED) is 0.903. The average Bonchev–Trinajstić information content (AvgIpc) is 2.71. The summed E-state index contributed by atoms with van der Waals surface area (Å²) in [5.41, 5.74) is 8.96. The zero-order chi connectivity index (χ0) is 14.0. The van der Waals surface area contributed by atoms with Crippen LogP contribution in [0.1, 0.15) is 45.6 Å². The van der Waals surface area contributed by atoms with E-state index in [2.05, 4.69) is 59.8 Å². The van der Waals surface area contributed by atoms with E-state index < -0.39 is 0 Å². The average molecular weight is 325 g/mol. The maximum Gasteiger partial charge on any atom is 0.0382 e. The molecule has 1 aromatic rings. The van der Waals surface area contributed by atoms with Gasteiger partial charge in [-0.3, -0.25) is 0 Å². The Bertz CT molecular complexity index is 442. The number of rotatable bonds is 4. The third-order valence-corrected chi connectivity index (χ3v) is 4.99. The Kier molecular flexibility index (Phi) is 4.57. The highest BCUT2D eigenvalue weighted by atomic mass is 79.9. The highest BCUT2D eigenvalue weighted by Crippen LogP contribution is 2.35. The molecule has 106 valence electrons. The van der Waals surface area contributed by atoms with Gasteiger partial charge in [0.15, 0.2) is 0 Å². The van der Waals surface area contributed by atoms with Crippen molar-refractivity contribution in [2.75, 3.05) is 11.4 Å².